The molecule has 0 atom stereocenters. The lowest BCUT2D eigenvalue weighted by atomic mass is 10.2. The summed E-state index contributed by atoms with van der Waals surface area (Å²) in [5.74, 6) is 0.493. The van der Waals surface area contributed by atoms with Gasteiger partial charge in [-0.3, -0.25) is 0 Å². The van der Waals surface area contributed by atoms with Crippen molar-refractivity contribution in [1.82, 2.24) is 15.0 Å². The Morgan fingerprint density at radius 2 is 1.47 bits per heavy atom. The Morgan fingerprint density at radius 3 is 2.05 bits per heavy atom. The topological polar surface area (TPSA) is 163 Å². The fourth-order valence-electron chi connectivity index (χ4n) is 1.53. The van der Waals surface area contributed by atoms with Crippen LogP contribution in [0, 0.1) is 0 Å². The first-order valence-electron chi connectivity index (χ1n) is 6.05. The van der Waals surface area contributed by atoms with E-state index >= 15 is 0 Å². The van der Waals surface area contributed by atoms with Gasteiger partial charge in [-0.25, -0.2) is 0 Å². The highest BCUT2D eigenvalue weighted by molar-refractivity contribution is 6.56. The third-order valence-electron chi connectivity index (χ3n) is 2.39. The van der Waals surface area contributed by atoms with Crippen LogP contribution in [0.4, 0.5) is 17.8 Å². The average molecular weight is 288 g/mol. The van der Waals surface area contributed by atoms with E-state index in [9.17, 15) is 0 Å². The number of unbranched alkanes of at least 4 members (excludes halogenated alkanes) is 3. The lowest BCUT2D eigenvalue weighted by Gasteiger charge is -2.08. The van der Waals surface area contributed by atoms with E-state index in [4.69, 9.17) is 25.9 Å². The van der Waals surface area contributed by atoms with Crippen LogP contribution in [-0.2, 0) is 0 Å². The highest BCUT2D eigenvalue weighted by Crippen LogP contribution is 2.09. The van der Waals surface area contributed by atoms with Crippen LogP contribution < -0.4 is 16.8 Å². The van der Waals surface area contributed by atoms with Crippen molar-refractivity contribution < 1.29 is 14.4 Å². The van der Waals surface area contributed by atoms with E-state index < -0.39 is 8.80 Å². The van der Waals surface area contributed by atoms with Crippen LogP contribution in [0.1, 0.15) is 25.7 Å². The molecular formula is C9H20N6O3Si. The van der Waals surface area contributed by atoms with E-state index in [1.807, 2.05) is 0 Å². The van der Waals surface area contributed by atoms with Gasteiger partial charge in [-0.15, -0.1) is 0 Å². The summed E-state index contributed by atoms with van der Waals surface area (Å²) in [5.41, 5.74) is 10.8. The van der Waals surface area contributed by atoms with Crippen molar-refractivity contribution in [3.63, 3.8) is 0 Å². The fraction of sp³-hybridized carbons (Fsp3) is 0.667. The van der Waals surface area contributed by atoms with Gasteiger partial charge in [0.2, 0.25) is 17.8 Å². The molecule has 0 saturated heterocycles. The number of hydrogen-bond acceptors (Lipinski definition) is 9. The third kappa shape index (κ3) is 7.51. The summed E-state index contributed by atoms with van der Waals surface area (Å²) in [6, 6.07) is 0.0843. The molecule has 0 aliphatic heterocycles. The smallest absolute Gasteiger partial charge is 0.390 e. The van der Waals surface area contributed by atoms with Gasteiger partial charge in [0.15, 0.2) is 0 Å². The molecular weight excluding hydrogens is 268 g/mol. The molecule has 0 aromatic carbocycles. The Bertz CT molecular complexity index is 380. The molecule has 0 saturated carbocycles. The molecule has 1 aromatic rings. The average Bonchev–Trinajstić information content (AvgIpc) is 2.25. The Hall–Kier alpha value is -1.49. The van der Waals surface area contributed by atoms with Crippen LogP contribution >= 0.6 is 0 Å². The van der Waals surface area contributed by atoms with Gasteiger partial charge < -0.3 is 31.2 Å². The minimum absolute atomic E-state index is 0.0742. The molecule has 19 heavy (non-hydrogen) atoms. The van der Waals surface area contributed by atoms with Crippen molar-refractivity contribution in [2.45, 2.75) is 31.7 Å². The molecule has 1 rings (SSSR count). The third-order valence-corrected chi connectivity index (χ3v) is 3.42. The molecule has 0 radical (unpaired) electrons. The second kappa shape index (κ2) is 7.18. The largest absolute Gasteiger partial charge is 0.492 e. The molecule has 0 bridgehead atoms. The number of nitrogens with one attached hydrogen (secondary N) is 1. The molecule has 10 heteroatoms. The quantitative estimate of drug-likeness (QED) is 0.258. The maximum absolute atomic E-state index is 8.81. The summed E-state index contributed by atoms with van der Waals surface area (Å²) < 4.78 is 0. The Morgan fingerprint density at radius 1 is 0.895 bits per heavy atom. The van der Waals surface area contributed by atoms with E-state index in [2.05, 4.69) is 20.3 Å². The van der Waals surface area contributed by atoms with Crippen molar-refractivity contribution in [2.24, 2.45) is 0 Å². The van der Waals surface area contributed by atoms with Crippen LogP contribution in [0.2, 0.25) is 6.04 Å². The molecule has 0 aliphatic rings. The predicted molar refractivity (Wildman–Crippen MR) is 72.8 cm³/mol. The molecule has 108 valence electrons. The normalized spacial score (nSPS) is 11.5. The minimum Gasteiger partial charge on any atom is -0.390 e. The van der Waals surface area contributed by atoms with E-state index in [0.717, 1.165) is 19.3 Å². The second-order valence-corrected chi connectivity index (χ2v) is 6.29. The molecule has 8 N–H and O–H groups in total. The second-order valence-electron chi connectivity index (χ2n) is 4.24. The fourth-order valence-corrected chi connectivity index (χ4v) is 2.25. The molecule has 0 spiro atoms. The van der Waals surface area contributed by atoms with E-state index in [1.54, 1.807) is 0 Å². The van der Waals surface area contributed by atoms with Crippen LogP contribution in [0.25, 0.3) is 0 Å². The maximum atomic E-state index is 8.81. The van der Waals surface area contributed by atoms with E-state index in [-0.39, 0.29) is 17.9 Å². The first-order chi connectivity index (χ1) is 8.87. The maximum Gasteiger partial charge on any atom is 0.492 e. The van der Waals surface area contributed by atoms with Crippen LogP contribution in [0.15, 0.2) is 0 Å². The zero-order valence-corrected chi connectivity index (χ0v) is 11.6. The Kier molecular flexibility index (Phi) is 5.88. The highest BCUT2D eigenvalue weighted by atomic mass is 28.4. The summed E-state index contributed by atoms with van der Waals surface area (Å²) in [7, 11) is -3.86. The molecule has 1 heterocycles. The van der Waals surface area contributed by atoms with Crippen molar-refractivity contribution >= 4 is 26.6 Å². The number of hydrogen-bond donors (Lipinski definition) is 6. The summed E-state index contributed by atoms with van der Waals surface area (Å²) in [5, 5.41) is 2.97. The summed E-state index contributed by atoms with van der Waals surface area (Å²) in [4.78, 5) is 37.8. The lowest BCUT2D eigenvalue weighted by Crippen LogP contribution is -2.33. The first kappa shape index (κ1) is 15.6. The number of nitrogens with two attached hydrogens (primary N) is 2. The van der Waals surface area contributed by atoms with Crippen LogP contribution in [0.3, 0.4) is 0 Å². The standard InChI is InChI=1S/C9H20N6O3Si/c10-7-13-8(11)15-9(14-7)12-5-3-1-2-4-6-19(16,17)18/h16-18H,1-6H2,(H5,10,11,12,13,14,15). The number of nitrogens with zero attached hydrogens (tertiary/aromatic N) is 3. The van der Waals surface area contributed by atoms with Gasteiger partial charge in [0.25, 0.3) is 0 Å². The summed E-state index contributed by atoms with van der Waals surface area (Å²) >= 11 is 0. The number of aromatic nitrogens is 3. The molecule has 9 nitrogen and oxygen atoms in total. The highest BCUT2D eigenvalue weighted by Gasteiger charge is 2.25. The molecule has 0 aliphatic carbocycles. The number of rotatable bonds is 8. The Balaban J connectivity index is 2.11. The van der Waals surface area contributed by atoms with Crippen LogP contribution in [-0.4, -0.2) is 44.7 Å². The Labute approximate surface area is 112 Å². The van der Waals surface area contributed by atoms with Gasteiger partial charge >= 0.3 is 8.80 Å². The lowest BCUT2D eigenvalue weighted by molar-refractivity contribution is 0.226. The van der Waals surface area contributed by atoms with Crippen molar-refractivity contribution in [1.29, 1.82) is 0 Å². The monoisotopic (exact) mass is 288 g/mol. The predicted octanol–water partition coefficient (Wildman–Crippen LogP) is -1.08. The van der Waals surface area contributed by atoms with Gasteiger partial charge in [0.05, 0.1) is 0 Å². The zero-order chi connectivity index (χ0) is 14.3. The van der Waals surface area contributed by atoms with Gasteiger partial charge in [-0.05, 0) is 12.8 Å². The molecule has 0 unspecified atom stereocenters. The van der Waals surface area contributed by atoms with Gasteiger partial charge in [0.1, 0.15) is 0 Å². The van der Waals surface area contributed by atoms with Gasteiger partial charge in [0, 0.05) is 12.6 Å². The summed E-state index contributed by atoms with van der Waals surface area (Å²) in [6.45, 7) is 0.656. The van der Waals surface area contributed by atoms with Crippen LogP contribution in [0.5, 0.6) is 0 Å². The summed E-state index contributed by atoms with van der Waals surface area (Å²) in [6.07, 6.45) is 3.18. The molecule has 0 amide bonds. The number of nitrogen functional groups attached to an aromatic ring is 2. The van der Waals surface area contributed by atoms with Crippen molar-refractivity contribution in [3.8, 4) is 0 Å². The van der Waals surface area contributed by atoms with E-state index in [0.29, 0.717) is 18.9 Å². The zero-order valence-electron chi connectivity index (χ0n) is 10.6. The van der Waals surface area contributed by atoms with Gasteiger partial charge in [-0.1, -0.05) is 12.8 Å². The minimum atomic E-state index is -3.86. The number of anilines is 3. The van der Waals surface area contributed by atoms with Gasteiger partial charge in [-0.2, -0.15) is 15.0 Å². The van der Waals surface area contributed by atoms with Crippen molar-refractivity contribution in [2.75, 3.05) is 23.3 Å². The molecule has 0 fully saturated rings. The SMILES string of the molecule is Nc1nc(N)nc(NCCCCCC[Si](O)(O)O)n1. The van der Waals surface area contributed by atoms with E-state index in [1.165, 1.54) is 0 Å². The first-order valence-corrected chi connectivity index (χ1v) is 8.10. The molecule has 1 aromatic heterocycles. The van der Waals surface area contributed by atoms with Crippen molar-refractivity contribution in [3.05, 3.63) is 0 Å².